The average molecular weight is 430 g/mol. The van der Waals surface area contributed by atoms with E-state index in [4.69, 9.17) is 16.3 Å². The van der Waals surface area contributed by atoms with E-state index in [1.807, 2.05) is 19.0 Å². The van der Waals surface area contributed by atoms with Gasteiger partial charge in [0.2, 0.25) is 0 Å². The van der Waals surface area contributed by atoms with E-state index in [0.717, 1.165) is 6.54 Å². The molecule has 7 nitrogen and oxygen atoms in total. The number of carbonyl (C=O) groups excluding carboxylic acids is 2. The Morgan fingerprint density at radius 3 is 2.57 bits per heavy atom. The fraction of sp³-hybridized carbons (Fsp3) is 0.318. The van der Waals surface area contributed by atoms with E-state index in [1.165, 1.54) is 18.1 Å². The minimum atomic E-state index is -0.735. The zero-order valence-corrected chi connectivity index (χ0v) is 17.9. The third-order valence-corrected chi connectivity index (χ3v) is 5.22. The van der Waals surface area contributed by atoms with Gasteiger partial charge >= 0.3 is 0 Å². The maximum Gasteiger partial charge on any atom is 0.295 e. The molecule has 30 heavy (non-hydrogen) atoms. The summed E-state index contributed by atoms with van der Waals surface area (Å²) in [5.41, 5.74) is 0.962. The zero-order chi connectivity index (χ0) is 21.8. The number of ketones is 1. The Morgan fingerprint density at radius 2 is 1.93 bits per heavy atom. The van der Waals surface area contributed by atoms with Gasteiger partial charge in [-0.3, -0.25) is 14.6 Å². The smallest absolute Gasteiger partial charge is 0.295 e. The van der Waals surface area contributed by atoms with E-state index in [2.05, 4.69) is 4.98 Å². The van der Waals surface area contributed by atoms with E-state index in [-0.39, 0.29) is 16.9 Å². The van der Waals surface area contributed by atoms with E-state index in [9.17, 15) is 14.7 Å². The predicted molar refractivity (Wildman–Crippen MR) is 114 cm³/mol. The standard InChI is InChI=1S/C22H24ClN3O4/c1-25(2)11-4-12-26-19(14-7-9-24-10-8-14)18(21(28)22(26)29)20(27)16-13-15(23)5-6-17(16)30-3/h5-10,13,19,27H,4,11-12H2,1-3H3/b20-18+/t19-/m0/s1. The van der Waals surface area contributed by atoms with Crippen molar-refractivity contribution in [2.24, 2.45) is 0 Å². The van der Waals surface area contributed by atoms with Crippen LogP contribution in [0.1, 0.15) is 23.6 Å². The summed E-state index contributed by atoms with van der Waals surface area (Å²) in [6.07, 6.45) is 3.87. The summed E-state index contributed by atoms with van der Waals surface area (Å²) < 4.78 is 5.32. The molecule has 1 aliphatic rings. The first-order valence-corrected chi connectivity index (χ1v) is 9.90. The van der Waals surface area contributed by atoms with Crippen molar-refractivity contribution >= 4 is 29.1 Å². The van der Waals surface area contributed by atoms with Crippen molar-refractivity contribution in [1.29, 1.82) is 0 Å². The highest BCUT2D eigenvalue weighted by Crippen LogP contribution is 2.41. The van der Waals surface area contributed by atoms with Crippen LogP contribution >= 0.6 is 11.6 Å². The van der Waals surface area contributed by atoms with E-state index in [0.29, 0.717) is 29.3 Å². The van der Waals surface area contributed by atoms with Crippen molar-refractivity contribution in [3.63, 3.8) is 0 Å². The molecular formula is C22H24ClN3O4. The van der Waals surface area contributed by atoms with Gasteiger partial charge in [-0.05, 0) is 63.0 Å². The number of carbonyl (C=O) groups is 2. The van der Waals surface area contributed by atoms with Crippen molar-refractivity contribution in [1.82, 2.24) is 14.8 Å². The van der Waals surface area contributed by atoms with Crippen LogP contribution in [-0.4, -0.2) is 65.9 Å². The van der Waals surface area contributed by atoms with Gasteiger partial charge in [-0.25, -0.2) is 0 Å². The molecule has 0 bridgehead atoms. The molecule has 1 amide bonds. The molecule has 1 aromatic carbocycles. The molecular weight excluding hydrogens is 406 g/mol. The SMILES string of the molecule is COc1ccc(Cl)cc1/C(O)=C1\C(=O)C(=O)N(CCCN(C)C)[C@H]1c1ccncc1. The number of aromatic nitrogens is 1. The second kappa shape index (κ2) is 9.28. The summed E-state index contributed by atoms with van der Waals surface area (Å²) in [5.74, 6) is -1.34. The predicted octanol–water partition coefficient (Wildman–Crippen LogP) is 3.12. The second-order valence-corrected chi connectivity index (χ2v) is 7.71. The number of benzene rings is 1. The molecule has 1 fully saturated rings. The normalized spacial score (nSPS) is 18.3. The number of amides is 1. The number of pyridine rings is 1. The molecule has 0 radical (unpaired) electrons. The summed E-state index contributed by atoms with van der Waals surface area (Å²) in [4.78, 5) is 33.4. The van der Waals surface area contributed by atoms with Gasteiger partial charge in [-0.1, -0.05) is 11.6 Å². The summed E-state index contributed by atoms with van der Waals surface area (Å²) in [6, 6.07) is 7.48. The van der Waals surface area contributed by atoms with Crippen LogP contribution in [0, 0.1) is 0 Å². The Bertz CT molecular complexity index is 976. The summed E-state index contributed by atoms with van der Waals surface area (Å²) in [7, 11) is 5.35. The molecule has 1 atom stereocenters. The van der Waals surface area contributed by atoms with Crippen molar-refractivity contribution in [3.05, 3.63) is 64.4 Å². The maximum atomic E-state index is 13.0. The maximum absolute atomic E-state index is 13.0. The second-order valence-electron chi connectivity index (χ2n) is 7.27. The minimum absolute atomic E-state index is 0.0108. The van der Waals surface area contributed by atoms with Gasteiger partial charge in [-0.15, -0.1) is 0 Å². The van der Waals surface area contributed by atoms with Gasteiger partial charge in [0, 0.05) is 24.0 Å². The van der Waals surface area contributed by atoms with Gasteiger partial charge < -0.3 is 19.6 Å². The van der Waals surface area contributed by atoms with Crippen LogP contribution in [0.3, 0.4) is 0 Å². The summed E-state index contributed by atoms with van der Waals surface area (Å²) in [6.45, 7) is 1.13. The lowest BCUT2D eigenvalue weighted by molar-refractivity contribution is -0.139. The number of hydrogen-bond donors (Lipinski definition) is 1. The number of aliphatic hydroxyl groups excluding tert-OH is 1. The number of rotatable bonds is 7. The molecule has 158 valence electrons. The number of methoxy groups -OCH3 is 1. The number of Topliss-reactive ketones (excluding diaryl/α,β-unsaturated/α-hetero) is 1. The highest BCUT2D eigenvalue weighted by molar-refractivity contribution is 6.46. The van der Waals surface area contributed by atoms with Gasteiger partial charge in [0.15, 0.2) is 0 Å². The van der Waals surface area contributed by atoms with Crippen molar-refractivity contribution in [3.8, 4) is 5.75 Å². The number of nitrogens with zero attached hydrogens (tertiary/aromatic N) is 3. The number of aliphatic hydroxyl groups is 1. The van der Waals surface area contributed by atoms with Gasteiger partial charge in [0.05, 0.1) is 24.3 Å². The molecule has 0 unspecified atom stereocenters. The van der Waals surface area contributed by atoms with Crippen LogP contribution in [0.4, 0.5) is 0 Å². The monoisotopic (exact) mass is 429 g/mol. The molecule has 2 heterocycles. The largest absolute Gasteiger partial charge is 0.507 e. The van der Waals surface area contributed by atoms with Gasteiger partial charge in [0.25, 0.3) is 11.7 Å². The van der Waals surface area contributed by atoms with Crippen LogP contribution in [0.15, 0.2) is 48.3 Å². The molecule has 1 N–H and O–H groups in total. The Balaban J connectivity index is 2.13. The minimum Gasteiger partial charge on any atom is -0.507 e. The Labute approximate surface area is 180 Å². The first kappa shape index (κ1) is 21.8. The fourth-order valence-corrected chi connectivity index (χ4v) is 3.74. The number of halogens is 1. The number of hydrogen-bond acceptors (Lipinski definition) is 6. The van der Waals surface area contributed by atoms with Gasteiger partial charge in [-0.2, -0.15) is 0 Å². The molecule has 2 aromatic rings. The average Bonchev–Trinajstić information content (AvgIpc) is 2.98. The van der Waals surface area contributed by atoms with Crippen molar-refractivity contribution in [2.75, 3.05) is 34.3 Å². The van der Waals surface area contributed by atoms with Crippen molar-refractivity contribution < 1.29 is 19.4 Å². The number of ether oxygens (including phenoxy) is 1. The Hall–Kier alpha value is -2.90. The molecule has 1 aromatic heterocycles. The van der Waals surface area contributed by atoms with Crippen LogP contribution < -0.4 is 4.74 Å². The van der Waals surface area contributed by atoms with E-state index in [1.54, 1.807) is 36.7 Å². The first-order chi connectivity index (χ1) is 14.3. The zero-order valence-electron chi connectivity index (χ0n) is 17.1. The molecule has 3 rings (SSSR count). The van der Waals surface area contributed by atoms with E-state index < -0.39 is 17.7 Å². The summed E-state index contributed by atoms with van der Waals surface area (Å²) >= 11 is 6.11. The third kappa shape index (κ3) is 4.32. The molecule has 0 aliphatic carbocycles. The van der Waals surface area contributed by atoms with Crippen LogP contribution in [0.5, 0.6) is 5.75 Å². The van der Waals surface area contributed by atoms with Crippen LogP contribution in [-0.2, 0) is 9.59 Å². The molecule has 8 heteroatoms. The quantitative estimate of drug-likeness (QED) is 0.413. The lowest BCUT2D eigenvalue weighted by Crippen LogP contribution is -2.32. The number of likely N-dealkylation sites (tertiary alicyclic amines) is 1. The third-order valence-electron chi connectivity index (χ3n) is 4.98. The molecule has 0 saturated carbocycles. The lowest BCUT2D eigenvalue weighted by atomic mass is 9.95. The molecule has 0 spiro atoms. The summed E-state index contributed by atoms with van der Waals surface area (Å²) in [5, 5.41) is 11.5. The topological polar surface area (TPSA) is 83.0 Å². The Morgan fingerprint density at radius 1 is 1.23 bits per heavy atom. The van der Waals surface area contributed by atoms with E-state index >= 15 is 0 Å². The Kier molecular flexibility index (Phi) is 6.74. The van der Waals surface area contributed by atoms with Crippen molar-refractivity contribution in [2.45, 2.75) is 12.5 Å². The molecule has 1 aliphatic heterocycles. The van der Waals surface area contributed by atoms with Crippen LogP contribution in [0.2, 0.25) is 5.02 Å². The van der Waals surface area contributed by atoms with Crippen LogP contribution in [0.25, 0.3) is 5.76 Å². The van der Waals surface area contributed by atoms with Gasteiger partial charge in [0.1, 0.15) is 11.5 Å². The molecule has 1 saturated heterocycles. The first-order valence-electron chi connectivity index (χ1n) is 9.52. The highest BCUT2D eigenvalue weighted by Gasteiger charge is 2.46. The fourth-order valence-electron chi connectivity index (χ4n) is 3.57. The highest BCUT2D eigenvalue weighted by atomic mass is 35.5. The lowest BCUT2D eigenvalue weighted by Gasteiger charge is -2.26.